The van der Waals surface area contributed by atoms with Gasteiger partial charge in [0.2, 0.25) is 0 Å². The molecule has 1 N–H and O–H groups in total. The molecule has 0 spiro atoms. The van der Waals surface area contributed by atoms with Crippen molar-refractivity contribution in [3.8, 4) is 0 Å². The summed E-state index contributed by atoms with van der Waals surface area (Å²) in [5.74, 6) is -0.495. The molecule has 0 aliphatic rings. The van der Waals surface area contributed by atoms with Gasteiger partial charge in [0.05, 0.1) is 0 Å². The van der Waals surface area contributed by atoms with Crippen LogP contribution in [0.2, 0.25) is 0 Å². The standard InChI is InChI=1S/C15H22FNO2/c1-11(14(18)19-15(2,3)4)17-10-9-12-5-7-13(16)8-6-12/h5-8,11,17H,9-10H2,1-4H3. The Balaban J connectivity index is 2.32. The number of halogens is 1. The molecular formula is C15H22FNO2. The van der Waals surface area contributed by atoms with Gasteiger partial charge in [-0.3, -0.25) is 4.79 Å². The van der Waals surface area contributed by atoms with Crippen LogP contribution in [-0.4, -0.2) is 24.2 Å². The summed E-state index contributed by atoms with van der Waals surface area (Å²) in [6.45, 7) is 7.95. The Kier molecular flexibility index (Phi) is 5.48. The van der Waals surface area contributed by atoms with Crippen molar-refractivity contribution in [3.63, 3.8) is 0 Å². The van der Waals surface area contributed by atoms with E-state index in [9.17, 15) is 9.18 Å². The average molecular weight is 267 g/mol. The molecule has 106 valence electrons. The molecule has 0 bridgehead atoms. The zero-order chi connectivity index (χ0) is 14.5. The first-order chi connectivity index (χ1) is 8.78. The summed E-state index contributed by atoms with van der Waals surface area (Å²) in [7, 11) is 0. The molecule has 1 atom stereocenters. The van der Waals surface area contributed by atoms with E-state index in [1.807, 2.05) is 20.8 Å². The van der Waals surface area contributed by atoms with Gasteiger partial charge in [0.1, 0.15) is 17.5 Å². The van der Waals surface area contributed by atoms with Gasteiger partial charge in [0.25, 0.3) is 0 Å². The van der Waals surface area contributed by atoms with Crippen LogP contribution in [0.3, 0.4) is 0 Å². The maximum Gasteiger partial charge on any atom is 0.323 e. The molecule has 0 heterocycles. The third-order valence-electron chi connectivity index (χ3n) is 2.54. The first-order valence-corrected chi connectivity index (χ1v) is 6.48. The molecule has 1 aromatic carbocycles. The number of rotatable bonds is 5. The number of esters is 1. The van der Waals surface area contributed by atoms with Gasteiger partial charge >= 0.3 is 5.97 Å². The molecule has 0 aromatic heterocycles. The smallest absolute Gasteiger partial charge is 0.323 e. The lowest BCUT2D eigenvalue weighted by Crippen LogP contribution is -2.40. The van der Waals surface area contributed by atoms with Gasteiger partial charge in [0.15, 0.2) is 0 Å². The van der Waals surface area contributed by atoms with Crippen molar-refractivity contribution in [1.82, 2.24) is 5.32 Å². The highest BCUT2D eigenvalue weighted by Crippen LogP contribution is 2.08. The van der Waals surface area contributed by atoms with Crippen LogP contribution in [0, 0.1) is 5.82 Å². The summed E-state index contributed by atoms with van der Waals surface area (Å²) in [5, 5.41) is 3.10. The fourth-order valence-corrected chi connectivity index (χ4v) is 1.56. The van der Waals surface area contributed by atoms with Crippen molar-refractivity contribution >= 4 is 5.97 Å². The van der Waals surface area contributed by atoms with Crippen LogP contribution < -0.4 is 5.32 Å². The molecule has 0 aliphatic heterocycles. The molecule has 3 nitrogen and oxygen atoms in total. The second kappa shape index (κ2) is 6.66. The maximum absolute atomic E-state index is 12.7. The number of ether oxygens (including phenoxy) is 1. The molecular weight excluding hydrogens is 245 g/mol. The Labute approximate surface area is 114 Å². The summed E-state index contributed by atoms with van der Waals surface area (Å²) >= 11 is 0. The van der Waals surface area contributed by atoms with E-state index in [4.69, 9.17) is 4.74 Å². The van der Waals surface area contributed by atoms with Gasteiger partial charge in [-0.05, 0) is 58.4 Å². The predicted octanol–water partition coefficient (Wildman–Crippen LogP) is 2.69. The summed E-state index contributed by atoms with van der Waals surface area (Å²) in [4.78, 5) is 11.7. The zero-order valence-electron chi connectivity index (χ0n) is 12.0. The van der Waals surface area contributed by atoms with Gasteiger partial charge in [-0.2, -0.15) is 0 Å². The normalized spacial score (nSPS) is 13.1. The number of nitrogens with one attached hydrogen (secondary N) is 1. The molecule has 1 rings (SSSR count). The van der Waals surface area contributed by atoms with Crippen LogP contribution in [-0.2, 0) is 16.0 Å². The lowest BCUT2D eigenvalue weighted by Gasteiger charge is -2.22. The lowest BCUT2D eigenvalue weighted by molar-refractivity contribution is -0.156. The fraction of sp³-hybridized carbons (Fsp3) is 0.533. The minimum absolute atomic E-state index is 0.237. The number of hydrogen-bond donors (Lipinski definition) is 1. The van der Waals surface area contributed by atoms with Crippen LogP contribution in [0.1, 0.15) is 33.3 Å². The molecule has 0 radical (unpaired) electrons. The second-order valence-corrected chi connectivity index (χ2v) is 5.59. The van der Waals surface area contributed by atoms with E-state index in [0.717, 1.165) is 12.0 Å². The van der Waals surface area contributed by atoms with Crippen molar-refractivity contribution in [3.05, 3.63) is 35.6 Å². The minimum atomic E-state index is -0.468. The highest BCUT2D eigenvalue weighted by Gasteiger charge is 2.20. The molecule has 0 fully saturated rings. The van der Waals surface area contributed by atoms with E-state index in [1.165, 1.54) is 12.1 Å². The second-order valence-electron chi connectivity index (χ2n) is 5.59. The quantitative estimate of drug-likeness (QED) is 0.834. The van der Waals surface area contributed by atoms with E-state index in [1.54, 1.807) is 19.1 Å². The third-order valence-corrected chi connectivity index (χ3v) is 2.54. The monoisotopic (exact) mass is 267 g/mol. The number of benzene rings is 1. The number of hydrogen-bond acceptors (Lipinski definition) is 3. The lowest BCUT2D eigenvalue weighted by atomic mass is 10.1. The van der Waals surface area contributed by atoms with E-state index >= 15 is 0 Å². The number of carbonyl (C=O) groups excluding carboxylic acids is 1. The topological polar surface area (TPSA) is 38.3 Å². The van der Waals surface area contributed by atoms with E-state index in [2.05, 4.69) is 5.32 Å². The van der Waals surface area contributed by atoms with Crippen molar-refractivity contribution in [2.75, 3.05) is 6.54 Å². The first kappa shape index (κ1) is 15.6. The molecule has 0 amide bonds. The van der Waals surface area contributed by atoms with Gasteiger partial charge < -0.3 is 10.1 Å². The Morgan fingerprint density at radius 3 is 2.42 bits per heavy atom. The van der Waals surface area contributed by atoms with Crippen LogP contribution in [0.15, 0.2) is 24.3 Å². The van der Waals surface area contributed by atoms with Gasteiger partial charge in [0, 0.05) is 0 Å². The Morgan fingerprint density at radius 2 is 1.89 bits per heavy atom. The summed E-state index contributed by atoms with van der Waals surface area (Å²) < 4.78 is 18.0. The van der Waals surface area contributed by atoms with E-state index < -0.39 is 5.60 Å². The molecule has 1 unspecified atom stereocenters. The summed E-state index contributed by atoms with van der Waals surface area (Å²) in [5.41, 5.74) is 0.564. The van der Waals surface area contributed by atoms with E-state index in [-0.39, 0.29) is 17.8 Å². The van der Waals surface area contributed by atoms with Crippen LogP contribution in [0.25, 0.3) is 0 Å². The van der Waals surface area contributed by atoms with Crippen molar-refractivity contribution in [2.45, 2.75) is 45.8 Å². The first-order valence-electron chi connectivity index (χ1n) is 6.48. The van der Waals surface area contributed by atoms with Crippen LogP contribution in [0.4, 0.5) is 4.39 Å². The van der Waals surface area contributed by atoms with Crippen molar-refractivity contribution < 1.29 is 13.9 Å². The van der Waals surface area contributed by atoms with Crippen molar-refractivity contribution in [1.29, 1.82) is 0 Å². The minimum Gasteiger partial charge on any atom is -0.459 e. The molecule has 0 saturated heterocycles. The summed E-state index contributed by atoms with van der Waals surface area (Å²) in [6, 6.07) is 6.02. The maximum atomic E-state index is 12.7. The van der Waals surface area contributed by atoms with E-state index in [0.29, 0.717) is 6.54 Å². The Hall–Kier alpha value is -1.42. The molecule has 0 saturated carbocycles. The fourth-order valence-electron chi connectivity index (χ4n) is 1.56. The average Bonchev–Trinajstić information content (AvgIpc) is 2.29. The molecule has 4 heteroatoms. The van der Waals surface area contributed by atoms with Crippen LogP contribution >= 0.6 is 0 Å². The summed E-state index contributed by atoms with van der Waals surface area (Å²) in [6.07, 6.45) is 0.743. The largest absolute Gasteiger partial charge is 0.459 e. The van der Waals surface area contributed by atoms with Crippen LogP contribution in [0.5, 0.6) is 0 Å². The van der Waals surface area contributed by atoms with Gasteiger partial charge in [-0.15, -0.1) is 0 Å². The third kappa shape index (κ3) is 6.34. The Bertz CT molecular complexity index is 409. The van der Waals surface area contributed by atoms with Gasteiger partial charge in [-0.1, -0.05) is 12.1 Å². The zero-order valence-corrected chi connectivity index (χ0v) is 12.0. The molecule has 0 aliphatic carbocycles. The van der Waals surface area contributed by atoms with Gasteiger partial charge in [-0.25, -0.2) is 4.39 Å². The predicted molar refractivity (Wildman–Crippen MR) is 73.4 cm³/mol. The number of carbonyl (C=O) groups is 1. The SMILES string of the molecule is CC(NCCc1ccc(F)cc1)C(=O)OC(C)(C)C. The molecule has 19 heavy (non-hydrogen) atoms. The van der Waals surface area contributed by atoms with Crippen molar-refractivity contribution in [2.24, 2.45) is 0 Å². The highest BCUT2D eigenvalue weighted by atomic mass is 19.1. The molecule has 1 aromatic rings. The highest BCUT2D eigenvalue weighted by molar-refractivity contribution is 5.75. The Morgan fingerprint density at radius 1 is 1.32 bits per heavy atom.